The van der Waals surface area contributed by atoms with E-state index in [0.29, 0.717) is 12.3 Å². The fourth-order valence-electron chi connectivity index (χ4n) is 4.40. The van der Waals surface area contributed by atoms with E-state index in [1.807, 2.05) is 6.92 Å². The summed E-state index contributed by atoms with van der Waals surface area (Å²) in [7, 11) is -3.68. The number of sulfonamides is 1. The Morgan fingerprint density at radius 2 is 1.74 bits per heavy atom. The lowest BCUT2D eigenvalue weighted by Crippen LogP contribution is -2.59. The monoisotopic (exact) mass is 335 g/mol. The highest BCUT2D eigenvalue weighted by Crippen LogP contribution is 2.45. The zero-order chi connectivity index (χ0) is 16.5. The van der Waals surface area contributed by atoms with Crippen LogP contribution in [0.25, 0.3) is 0 Å². The molecule has 0 aromatic heterocycles. The van der Waals surface area contributed by atoms with Crippen LogP contribution in [-0.2, 0) is 14.8 Å². The first-order valence-electron chi connectivity index (χ1n) is 8.54. The standard InChI is InChI=1S/C18H25NO3S/c1-14-8-10-16(11-9-14)23(21,22)19-18(13-20)12-4-6-15-5-2-3-7-17(15)18/h8-11,13,15,17,19H,2-7,12H2,1H3/t15-,17+,18+/m1/s1. The maximum absolute atomic E-state index is 12.8. The molecule has 3 atom stereocenters. The van der Waals surface area contributed by atoms with Gasteiger partial charge in [-0.15, -0.1) is 0 Å². The largest absolute Gasteiger partial charge is 0.301 e. The number of rotatable bonds is 4. The average Bonchev–Trinajstić information content (AvgIpc) is 2.55. The van der Waals surface area contributed by atoms with Gasteiger partial charge in [0.2, 0.25) is 10.0 Å². The molecule has 0 aliphatic heterocycles. The number of fused-ring (bicyclic) bond motifs is 1. The Kier molecular flexibility index (Phi) is 4.61. The van der Waals surface area contributed by atoms with Crippen molar-refractivity contribution in [3.8, 4) is 0 Å². The van der Waals surface area contributed by atoms with E-state index in [9.17, 15) is 13.2 Å². The summed E-state index contributed by atoms with van der Waals surface area (Å²) in [5, 5.41) is 0. The highest BCUT2D eigenvalue weighted by atomic mass is 32.2. The van der Waals surface area contributed by atoms with Gasteiger partial charge < -0.3 is 4.79 Å². The number of benzene rings is 1. The molecule has 126 valence electrons. The molecule has 2 aliphatic carbocycles. The van der Waals surface area contributed by atoms with Crippen molar-refractivity contribution in [2.24, 2.45) is 11.8 Å². The first-order valence-corrected chi connectivity index (χ1v) is 10.0. The van der Waals surface area contributed by atoms with Crippen LogP contribution in [0.4, 0.5) is 0 Å². The Labute approximate surface area is 138 Å². The van der Waals surface area contributed by atoms with Crippen molar-refractivity contribution in [2.45, 2.75) is 62.3 Å². The molecule has 3 rings (SSSR count). The second-order valence-corrected chi connectivity index (χ2v) is 8.80. The number of carbonyl (C=O) groups excluding carboxylic acids is 1. The van der Waals surface area contributed by atoms with Crippen molar-refractivity contribution in [1.29, 1.82) is 0 Å². The molecule has 0 unspecified atom stereocenters. The van der Waals surface area contributed by atoms with Crippen molar-refractivity contribution in [3.05, 3.63) is 29.8 Å². The normalized spacial score (nSPS) is 31.3. The third-order valence-electron chi connectivity index (χ3n) is 5.60. The minimum atomic E-state index is -3.68. The molecule has 23 heavy (non-hydrogen) atoms. The Hall–Kier alpha value is -1.20. The number of aryl methyl sites for hydroxylation is 1. The molecule has 2 fully saturated rings. The van der Waals surface area contributed by atoms with Crippen LogP contribution < -0.4 is 4.72 Å². The fraction of sp³-hybridized carbons (Fsp3) is 0.611. The van der Waals surface area contributed by atoms with Crippen molar-refractivity contribution < 1.29 is 13.2 Å². The highest BCUT2D eigenvalue weighted by Gasteiger charge is 2.48. The summed E-state index contributed by atoms with van der Waals surface area (Å²) in [6, 6.07) is 6.79. The van der Waals surface area contributed by atoms with Crippen LogP contribution in [0.5, 0.6) is 0 Å². The quantitative estimate of drug-likeness (QED) is 0.860. The number of aldehydes is 1. The van der Waals surface area contributed by atoms with Crippen molar-refractivity contribution in [3.63, 3.8) is 0 Å². The topological polar surface area (TPSA) is 63.2 Å². The van der Waals surface area contributed by atoms with Crippen molar-refractivity contribution >= 4 is 16.3 Å². The molecule has 5 heteroatoms. The molecule has 0 heterocycles. The predicted octanol–water partition coefficient (Wildman–Crippen LogP) is 3.20. The number of nitrogens with one attached hydrogen (secondary N) is 1. The molecule has 1 N–H and O–H groups in total. The average molecular weight is 335 g/mol. The molecule has 0 amide bonds. The summed E-state index contributed by atoms with van der Waals surface area (Å²) in [5.74, 6) is 0.617. The SMILES string of the molecule is Cc1ccc(S(=O)(=O)N[C@]2(C=O)CCC[C@H]3CCCC[C@@H]32)cc1. The first-order chi connectivity index (χ1) is 11.0. The van der Waals surface area contributed by atoms with Crippen molar-refractivity contribution in [1.82, 2.24) is 4.72 Å². The smallest absolute Gasteiger partial charge is 0.241 e. The summed E-state index contributed by atoms with van der Waals surface area (Å²) >= 11 is 0. The number of hydrogen-bond donors (Lipinski definition) is 1. The van der Waals surface area contributed by atoms with Gasteiger partial charge in [-0.2, -0.15) is 4.72 Å². The fourth-order valence-corrected chi connectivity index (χ4v) is 5.81. The third-order valence-corrected chi connectivity index (χ3v) is 7.14. The maximum atomic E-state index is 12.8. The Morgan fingerprint density at radius 3 is 2.43 bits per heavy atom. The van der Waals surface area contributed by atoms with E-state index in [4.69, 9.17) is 0 Å². The molecular formula is C18H25NO3S. The second kappa shape index (κ2) is 6.36. The minimum absolute atomic E-state index is 0.141. The predicted molar refractivity (Wildman–Crippen MR) is 89.6 cm³/mol. The first kappa shape index (κ1) is 16.7. The van der Waals surface area contributed by atoms with E-state index in [2.05, 4.69) is 4.72 Å². The minimum Gasteiger partial charge on any atom is -0.301 e. The number of hydrogen-bond acceptors (Lipinski definition) is 3. The zero-order valence-electron chi connectivity index (χ0n) is 13.6. The third kappa shape index (κ3) is 3.22. The van der Waals surface area contributed by atoms with Gasteiger partial charge >= 0.3 is 0 Å². The van der Waals surface area contributed by atoms with Gasteiger partial charge in [0, 0.05) is 0 Å². The Balaban J connectivity index is 1.91. The molecule has 2 saturated carbocycles. The molecule has 0 radical (unpaired) electrons. The molecule has 0 spiro atoms. The van der Waals surface area contributed by atoms with E-state index in [-0.39, 0.29) is 10.8 Å². The lowest BCUT2D eigenvalue weighted by molar-refractivity contribution is -0.118. The summed E-state index contributed by atoms with van der Waals surface area (Å²) in [6.07, 6.45) is 7.86. The lowest BCUT2D eigenvalue weighted by atomic mass is 9.62. The Morgan fingerprint density at radius 1 is 1.09 bits per heavy atom. The van der Waals surface area contributed by atoms with Gasteiger partial charge in [0.1, 0.15) is 6.29 Å². The summed E-state index contributed by atoms with van der Waals surface area (Å²) in [4.78, 5) is 12.2. The number of carbonyl (C=O) groups is 1. The summed E-state index contributed by atoms with van der Waals surface area (Å²) < 4.78 is 28.4. The molecule has 1 aromatic rings. The molecule has 0 saturated heterocycles. The van der Waals surface area contributed by atoms with E-state index < -0.39 is 15.6 Å². The van der Waals surface area contributed by atoms with Gasteiger partial charge in [0.05, 0.1) is 10.4 Å². The van der Waals surface area contributed by atoms with E-state index >= 15 is 0 Å². The van der Waals surface area contributed by atoms with Gasteiger partial charge in [0.15, 0.2) is 0 Å². The van der Waals surface area contributed by atoms with Gasteiger partial charge in [-0.25, -0.2) is 8.42 Å². The summed E-state index contributed by atoms with van der Waals surface area (Å²) in [6.45, 7) is 1.92. The van der Waals surface area contributed by atoms with Gasteiger partial charge in [0.25, 0.3) is 0 Å². The van der Waals surface area contributed by atoms with Crippen LogP contribution in [0.3, 0.4) is 0 Å². The van der Waals surface area contributed by atoms with Crippen molar-refractivity contribution in [2.75, 3.05) is 0 Å². The Bertz CT molecular complexity index is 666. The van der Waals surface area contributed by atoms with Gasteiger partial charge in [-0.1, -0.05) is 49.8 Å². The van der Waals surface area contributed by atoms with Crippen LogP contribution in [0, 0.1) is 18.8 Å². The summed E-state index contributed by atoms with van der Waals surface area (Å²) in [5.41, 5.74) is 0.0895. The molecule has 4 nitrogen and oxygen atoms in total. The lowest BCUT2D eigenvalue weighted by Gasteiger charge is -2.47. The van der Waals surface area contributed by atoms with E-state index in [1.54, 1.807) is 24.3 Å². The van der Waals surface area contributed by atoms with Crippen LogP contribution in [0.2, 0.25) is 0 Å². The highest BCUT2D eigenvalue weighted by molar-refractivity contribution is 7.89. The maximum Gasteiger partial charge on any atom is 0.241 e. The molecule has 0 bridgehead atoms. The van der Waals surface area contributed by atoms with Crippen LogP contribution in [0.1, 0.15) is 50.5 Å². The van der Waals surface area contributed by atoms with Crippen LogP contribution in [0.15, 0.2) is 29.2 Å². The van der Waals surface area contributed by atoms with Gasteiger partial charge in [-0.05, 0) is 43.7 Å². The zero-order valence-corrected chi connectivity index (χ0v) is 14.4. The van der Waals surface area contributed by atoms with Crippen LogP contribution >= 0.6 is 0 Å². The van der Waals surface area contributed by atoms with E-state index in [1.165, 1.54) is 6.42 Å². The van der Waals surface area contributed by atoms with E-state index in [0.717, 1.165) is 44.0 Å². The van der Waals surface area contributed by atoms with Gasteiger partial charge in [-0.3, -0.25) is 0 Å². The second-order valence-electron chi connectivity index (χ2n) is 7.12. The molecule has 2 aliphatic rings. The van der Waals surface area contributed by atoms with Crippen LogP contribution in [-0.4, -0.2) is 20.2 Å². The molecule has 1 aromatic carbocycles. The molecular weight excluding hydrogens is 310 g/mol.